The number of hydrogen-bond donors (Lipinski definition) is 2. The minimum absolute atomic E-state index is 0.0198. The van der Waals surface area contributed by atoms with Crippen molar-refractivity contribution >= 4 is 41.0 Å². The van der Waals surface area contributed by atoms with E-state index < -0.39 is 24.3 Å². The molecule has 11 nitrogen and oxygen atoms in total. The van der Waals surface area contributed by atoms with Crippen molar-refractivity contribution in [1.82, 2.24) is 20.4 Å². The van der Waals surface area contributed by atoms with Crippen molar-refractivity contribution in [3.63, 3.8) is 0 Å². The number of likely N-dealkylation sites (tertiary alicyclic amines) is 1. The number of carbonyl (C=O) groups is 3. The summed E-state index contributed by atoms with van der Waals surface area (Å²) in [5, 5.41) is 21.3. The molecule has 3 amide bonds. The average Bonchev–Trinajstić information content (AvgIpc) is 3.64. The van der Waals surface area contributed by atoms with Gasteiger partial charge in [0.25, 0.3) is 5.91 Å². The molecule has 0 spiro atoms. The third kappa shape index (κ3) is 8.10. The summed E-state index contributed by atoms with van der Waals surface area (Å²) in [6, 6.07) is 23.4. The van der Waals surface area contributed by atoms with E-state index in [1.54, 1.807) is 23.1 Å². The average molecular weight is 689 g/mol. The predicted octanol–water partition coefficient (Wildman–Crippen LogP) is 5.48. The summed E-state index contributed by atoms with van der Waals surface area (Å²) in [7, 11) is 0. The van der Waals surface area contributed by atoms with E-state index in [4.69, 9.17) is 14.2 Å². The molecule has 0 bridgehead atoms. The summed E-state index contributed by atoms with van der Waals surface area (Å²) in [6.07, 6.45) is -1.97. The van der Waals surface area contributed by atoms with Crippen LogP contribution in [0.4, 0.5) is 4.79 Å². The molecule has 0 aliphatic carbocycles. The quantitative estimate of drug-likeness (QED) is 0.154. The third-order valence-corrected chi connectivity index (χ3v) is 10.4. The van der Waals surface area contributed by atoms with Crippen molar-refractivity contribution in [1.29, 1.82) is 0 Å². The molecule has 250 valence electrons. The second-order valence-electron chi connectivity index (χ2n) is 11.7. The highest BCUT2D eigenvalue weighted by molar-refractivity contribution is 8.01. The monoisotopic (exact) mass is 688 g/mol. The SMILES string of the molecule is Cc1nnc(SCC2OC(c3ccc(CN4C(=O)CC(NC(=O)OCc5ccccc5)C4=O)cc3)OC(c3ccc(CO)cc3)C2C)s1. The number of carbonyl (C=O) groups excluding carboxylic acids is 3. The normalized spacial score (nSPS) is 22.6. The molecule has 5 unspecified atom stereocenters. The van der Waals surface area contributed by atoms with Crippen LogP contribution in [-0.2, 0) is 43.6 Å². The van der Waals surface area contributed by atoms with E-state index in [1.807, 2.05) is 85.8 Å². The van der Waals surface area contributed by atoms with Crippen molar-refractivity contribution in [2.75, 3.05) is 5.75 Å². The number of amides is 3. The van der Waals surface area contributed by atoms with Gasteiger partial charge in [-0.2, -0.15) is 0 Å². The molecule has 3 aromatic carbocycles. The lowest BCUT2D eigenvalue weighted by molar-refractivity contribution is -0.268. The largest absolute Gasteiger partial charge is 0.445 e. The van der Waals surface area contributed by atoms with Crippen molar-refractivity contribution in [3.8, 4) is 0 Å². The Kier molecular flexibility index (Phi) is 10.8. The number of imide groups is 1. The Morgan fingerprint density at radius 3 is 2.38 bits per heavy atom. The number of ether oxygens (including phenoxy) is 3. The summed E-state index contributed by atoms with van der Waals surface area (Å²) in [5.74, 6) is -0.167. The highest BCUT2D eigenvalue weighted by atomic mass is 32.2. The smallest absolute Gasteiger partial charge is 0.408 e. The summed E-state index contributed by atoms with van der Waals surface area (Å²) < 4.78 is 19.2. The topological polar surface area (TPSA) is 140 Å². The zero-order valence-electron chi connectivity index (χ0n) is 26.5. The van der Waals surface area contributed by atoms with E-state index in [1.165, 1.54) is 0 Å². The predicted molar refractivity (Wildman–Crippen MR) is 179 cm³/mol. The number of thioether (sulfide) groups is 1. The van der Waals surface area contributed by atoms with Crippen LogP contribution in [0.25, 0.3) is 0 Å². The van der Waals surface area contributed by atoms with Crippen LogP contribution in [0.1, 0.15) is 58.6 Å². The summed E-state index contributed by atoms with van der Waals surface area (Å²) in [5.41, 5.74) is 4.17. The van der Waals surface area contributed by atoms with E-state index in [2.05, 4.69) is 22.4 Å². The van der Waals surface area contributed by atoms with Gasteiger partial charge < -0.3 is 24.6 Å². The van der Waals surface area contributed by atoms with Crippen molar-refractivity contribution < 1.29 is 33.7 Å². The van der Waals surface area contributed by atoms with Crippen molar-refractivity contribution in [2.24, 2.45) is 5.92 Å². The first-order valence-electron chi connectivity index (χ1n) is 15.6. The summed E-state index contributed by atoms with van der Waals surface area (Å²) >= 11 is 3.15. The fourth-order valence-corrected chi connectivity index (χ4v) is 7.64. The molecule has 0 saturated carbocycles. The van der Waals surface area contributed by atoms with Crippen LogP contribution >= 0.6 is 23.1 Å². The Morgan fingerprint density at radius 2 is 1.69 bits per heavy atom. The maximum absolute atomic E-state index is 13.1. The molecular formula is C35H36N4O7S2. The number of aryl methyl sites for hydroxylation is 1. The second kappa shape index (κ2) is 15.4. The Balaban J connectivity index is 1.10. The maximum Gasteiger partial charge on any atom is 0.408 e. The fraction of sp³-hybridized carbons (Fsp3) is 0.343. The van der Waals surface area contributed by atoms with Gasteiger partial charge in [0.15, 0.2) is 10.6 Å². The van der Waals surface area contributed by atoms with E-state index in [0.717, 1.165) is 42.1 Å². The standard InChI is InChI=1S/C35H36N4O7S2/c1-21-29(20-47-35-38-37-22(2)48-35)45-33(46-31(21)26-12-10-24(18-40)11-13-26)27-14-8-23(9-15-27)17-39-30(41)16-28(32(39)42)36-34(43)44-19-25-6-4-3-5-7-25/h3-15,21,28-29,31,33,40H,16-20H2,1-2H3,(H,36,43). The molecule has 2 N–H and O–H groups in total. The second-order valence-corrected chi connectivity index (χ2v) is 14.2. The highest BCUT2D eigenvalue weighted by Crippen LogP contribution is 2.43. The van der Waals surface area contributed by atoms with Crippen molar-refractivity contribution in [2.45, 2.75) is 68.9 Å². The molecule has 4 aromatic rings. The van der Waals surface area contributed by atoms with Gasteiger partial charge in [-0.15, -0.1) is 10.2 Å². The molecular weight excluding hydrogens is 653 g/mol. The number of alkyl carbamates (subject to hydrolysis) is 1. The van der Waals surface area contributed by atoms with Gasteiger partial charge in [0, 0.05) is 17.2 Å². The number of hydrogen-bond acceptors (Lipinski definition) is 11. The number of nitrogens with zero attached hydrogens (tertiary/aromatic N) is 3. The minimum Gasteiger partial charge on any atom is -0.445 e. The van der Waals surface area contributed by atoms with Gasteiger partial charge >= 0.3 is 6.09 Å². The van der Waals surface area contributed by atoms with E-state index in [-0.39, 0.29) is 50.2 Å². The minimum atomic E-state index is -0.978. The Labute approximate surface area is 286 Å². The fourth-order valence-electron chi connectivity index (χ4n) is 5.63. The van der Waals surface area contributed by atoms with Crippen LogP contribution in [0.2, 0.25) is 0 Å². The highest BCUT2D eigenvalue weighted by Gasteiger charge is 2.40. The van der Waals surface area contributed by atoms with Crippen LogP contribution < -0.4 is 5.32 Å². The van der Waals surface area contributed by atoms with Crippen LogP contribution in [-0.4, -0.2) is 56.0 Å². The number of aliphatic hydroxyl groups is 1. The van der Waals surface area contributed by atoms with E-state index in [0.29, 0.717) is 5.75 Å². The number of nitrogens with one attached hydrogen (secondary N) is 1. The van der Waals surface area contributed by atoms with Crippen LogP contribution in [0.15, 0.2) is 83.2 Å². The molecule has 3 heterocycles. The molecule has 2 aliphatic heterocycles. The number of rotatable bonds is 11. The van der Waals surface area contributed by atoms with Crippen LogP contribution in [0.5, 0.6) is 0 Å². The first-order valence-corrected chi connectivity index (χ1v) is 17.4. The van der Waals surface area contributed by atoms with Gasteiger partial charge in [-0.1, -0.05) is 109 Å². The van der Waals surface area contributed by atoms with Gasteiger partial charge in [0.2, 0.25) is 5.91 Å². The number of aromatic nitrogens is 2. The van der Waals surface area contributed by atoms with Crippen LogP contribution in [0, 0.1) is 12.8 Å². The Bertz CT molecular complexity index is 1720. The lowest BCUT2D eigenvalue weighted by Gasteiger charge is -2.41. The lowest BCUT2D eigenvalue weighted by Crippen LogP contribution is -2.41. The first kappa shape index (κ1) is 33.7. The number of aliphatic hydroxyl groups excluding tert-OH is 1. The zero-order chi connectivity index (χ0) is 33.6. The third-order valence-electron chi connectivity index (χ3n) is 8.34. The molecule has 13 heteroatoms. The summed E-state index contributed by atoms with van der Waals surface area (Å²) in [6.45, 7) is 4.13. The zero-order valence-corrected chi connectivity index (χ0v) is 28.1. The van der Waals surface area contributed by atoms with Gasteiger partial charge in [0.05, 0.1) is 31.8 Å². The van der Waals surface area contributed by atoms with E-state index in [9.17, 15) is 19.5 Å². The van der Waals surface area contributed by atoms with Crippen molar-refractivity contribution in [3.05, 3.63) is 112 Å². The van der Waals surface area contributed by atoms with Gasteiger partial charge in [-0.3, -0.25) is 14.5 Å². The molecule has 48 heavy (non-hydrogen) atoms. The lowest BCUT2D eigenvalue weighted by atomic mass is 9.91. The first-order chi connectivity index (χ1) is 23.3. The van der Waals surface area contributed by atoms with Gasteiger partial charge in [0.1, 0.15) is 17.7 Å². The molecule has 2 fully saturated rings. The molecule has 6 rings (SSSR count). The molecule has 2 saturated heterocycles. The van der Waals surface area contributed by atoms with E-state index >= 15 is 0 Å². The Hall–Kier alpha value is -4.14. The summed E-state index contributed by atoms with van der Waals surface area (Å²) in [4.78, 5) is 39.3. The van der Waals surface area contributed by atoms with Crippen LogP contribution in [0.3, 0.4) is 0 Å². The Morgan fingerprint density at radius 1 is 0.979 bits per heavy atom. The molecule has 5 atom stereocenters. The number of benzene rings is 3. The molecule has 0 radical (unpaired) electrons. The van der Waals surface area contributed by atoms with Gasteiger partial charge in [-0.25, -0.2) is 4.79 Å². The molecule has 1 aromatic heterocycles. The maximum atomic E-state index is 13.1. The molecule has 2 aliphatic rings. The van der Waals surface area contributed by atoms with Gasteiger partial charge in [-0.05, 0) is 29.2 Å².